The number of ether oxygens (including phenoxy) is 1. The number of carbonyl (C=O) groups is 1. The van der Waals surface area contributed by atoms with Crippen LogP contribution < -0.4 is 15.8 Å². The highest BCUT2D eigenvalue weighted by Gasteiger charge is 2.11. The van der Waals surface area contributed by atoms with Crippen molar-refractivity contribution in [1.82, 2.24) is 5.32 Å². The van der Waals surface area contributed by atoms with E-state index >= 15 is 0 Å². The van der Waals surface area contributed by atoms with E-state index in [1.165, 1.54) is 0 Å². The molecule has 0 radical (unpaired) electrons. The molecule has 1 aromatic carbocycles. The number of carbonyl (C=O) groups excluding carboxylic acids is 1. The second-order valence-electron chi connectivity index (χ2n) is 4.73. The van der Waals surface area contributed by atoms with Crippen molar-refractivity contribution in [3.05, 3.63) is 29.3 Å². The van der Waals surface area contributed by atoms with Crippen molar-refractivity contribution in [2.24, 2.45) is 5.73 Å². The number of thioether (sulfide) groups is 1. The Morgan fingerprint density at radius 3 is 2.81 bits per heavy atom. The summed E-state index contributed by atoms with van der Waals surface area (Å²) in [4.78, 5) is 11.7. The lowest BCUT2D eigenvalue weighted by Crippen LogP contribution is -2.41. The summed E-state index contributed by atoms with van der Waals surface area (Å²) in [7, 11) is 1.67. The van der Waals surface area contributed by atoms with Crippen molar-refractivity contribution in [3.63, 3.8) is 0 Å². The van der Waals surface area contributed by atoms with E-state index in [0.29, 0.717) is 13.0 Å². The summed E-state index contributed by atoms with van der Waals surface area (Å²) in [6.07, 6.45) is 3.50. The van der Waals surface area contributed by atoms with Gasteiger partial charge in [0.05, 0.1) is 13.2 Å². The van der Waals surface area contributed by atoms with Gasteiger partial charge in [0.25, 0.3) is 0 Å². The molecule has 0 heterocycles. The lowest BCUT2D eigenvalue weighted by atomic mass is 10.1. The van der Waals surface area contributed by atoms with Crippen molar-refractivity contribution >= 4 is 30.1 Å². The SMILES string of the molecule is COc1cc(CCNC(=O)[C@@H](N)CCSC)ccc1C.Cl. The molecule has 4 nitrogen and oxygen atoms in total. The third kappa shape index (κ3) is 7.07. The molecular weight excluding hydrogens is 308 g/mol. The largest absolute Gasteiger partial charge is 0.496 e. The molecule has 3 N–H and O–H groups in total. The van der Waals surface area contributed by atoms with Crippen LogP contribution in [0.1, 0.15) is 17.5 Å². The average molecular weight is 333 g/mol. The molecule has 21 heavy (non-hydrogen) atoms. The van der Waals surface area contributed by atoms with Gasteiger partial charge in [0.15, 0.2) is 0 Å². The number of rotatable bonds is 8. The van der Waals surface area contributed by atoms with Crippen LogP contribution in [-0.2, 0) is 11.2 Å². The van der Waals surface area contributed by atoms with E-state index in [9.17, 15) is 4.79 Å². The first-order valence-electron chi connectivity index (χ1n) is 6.74. The maximum atomic E-state index is 11.7. The smallest absolute Gasteiger partial charge is 0.236 e. The summed E-state index contributed by atoms with van der Waals surface area (Å²) >= 11 is 1.70. The number of amides is 1. The van der Waals surface area contributed by atoms with Gasteiger partial charge in [-0.25, -0.2) is 0 Å². The minimum absolute atomic E-state index is 0. The Kier molecular flexibility index (Phi) is 10.3. The van der Waals surface area contributed by atoms with E-state index in [-0.39, 0.29) is 18.3 Å². The highest BCUT2D eigenvalue weighted by molar-refractivity contribution is 7.98. The van der Waals surface area contributed by atoms with E-state index in [2.05, 4.69) is 11.4 Å². The molecule has 6 heteroatoms. The fraction of sp³-hybridized carbons (Fsp3) is 0.533. The Morgan fingerprint density at radius 1 is 1.48 bits per heavy atom. The molecule has 1 amide bonds. The Hall–Kier alpha value is -0.910. The van der Waals surface area contributed by atoms with Crippen molar-refractivity contribution in [1.29, 1.82) is 0 Å². The van der Waals surface area contributed by atoms with Crippen LogP contribution in [-0.4, -0.2) is 37.6 Å². The first-order valence-corrected chi connectivity index (χ1v) is 8.13. The first-order chi connectivity index (χ1) is 9.58. The number of aryl methyl sites for hydroxylation is 1. The molecule has 0 saturated carbocycles. The summed E-state index contributed by atoms with van der Waals surface area (Å²) in [6.45, 7) is 2.60. The number of hydrogen-bond donors (Lipinski definition) is 2. The fourth-order valence-electron chi connectivity index (χ4n) is 1.86. The lowest BCUT2D eigenvalue weighted by molar-refractivity contribution is -0.122. The van der Waals surface area contributed by atoms with Gasteiger partial charge in [-0.1, -0.05) is 12.1 Å². The van der Waals surface area contributed by atoms with Crippen LogP contribution in [0.3, 0.4) is 0 Å². The third-order valence-electron chi connectivity index (χ3n) is 3.16. The lowest BCUT2D eigenvalue weighted by Gasteiger charge is -2.12. The zero-order valence-corrected chi connectivity index (χ0v) is 14.5. The van der Waals surface area contributed by atoms with Crippen molar-refractivity contribution in [2.75, 3.05) is 25.7 Å². The molecule has 0 aliphatic rings. The van der Waals surface area contributed by atoms with Crippen molar-refractivity contribution in [3.8, 4) is 5.75 Å². The highest BCUT2D eigenvalue weighted by Crippen LogP contribution is 2.18. The Morgan fingerprint density at radius 2 is 2.19 bits per heavy atom. The molecule has 1 atom stereocenters. The van der Waals surface area contributed by atoms with Crippen molar-refractivity contribution < 1.29 is 9.53 Å². The normalized spacial score (nSPS) is 11.4. The predicted octanol–water partition coefficient (Wildman–Crippen LogP) is 2.16. The summed E-state index contributed by atoms with van der Waals surface area (Å²) in [5.74, 6) is 1.72. The molecule has 0 saturated heterocycles. The second kappa shape index (κ2) is 10.8. The van der Waals surface area contributed by atoms with Crippen LogP contribution in [0.15, 0.2) is 18.2 Å². The van der Waals surface area contributed by atoms with Gasteiger partial charge in [-0.05, 0) is 49.0 Å². The van der Waals surface area contributed by atoms with Crippen LogP contribution in [0.2, 0.25) is 0 Å². The summed E-state index contributed by atoms with van der Waals surface area (Å²) in [6, 6.07) is 5.68. The summed E-state index contributed by atoms with van der Waals surface area (Å²) in [5.41, 5.74) is 8.06. The molecule has 0 aliphatic heterocycles. The van der Waals surface area contributed by atoms with E-state index in [1.807, 2.05) is 25.3 Å². The van der Waals surface area contributed by atoms with Gasteiger partial charge in [0.1, 0.15) is 5.75 Å². The van der Waals surface area contributed by atoms with Crippen LogP contribution in [0.25, 0.3) is 0 Å². The molecule has 0 spiro atoms. The van der Waals surface area contributed by atoms with Crippen LogP contribution >= 0.6 is 24.2 Å². The molecule has 0 unspecified atom stereocenters. The number of methoxy groups -OCH3 is 1. The highest BCUT2D eigenvalue weighted by atomic mass is 35.5. The minimum atomic E-state index is -0.407. The van der Waals surface area contributed by atoms with Crippen molar-refractivity contribution in [2.45, 2.75) is 25.8 Å². The standard InChI is InChI=1S/C15H24N2O2S.ClH/c1-11-4-5-12(10-14(11)19-2)6-8-17-15(18)13(16)7-9-20-3;/h4-5,10,13H,6-9,16H2,1-3H3,(H,17,18);1H/t13-;/m0./s1. The molecule has 0 aromatic heterocycles. The molecule has 120 valence electrons. The molecule has 0 fully saturated rings. The molecule has 1 aromatic rings. The van der Waals surface area contributed by atoms with Crippen LogP contribution in [0.5, 0.6) is 5.75 Å². The Balaban J connectivity index is 0.00000400. The molecular formula is C15H25ClN2O2S. The number of nitrogens with one attached hydrogen (secondary N) is 1. The maximum Gasteiger partial charge on any atom is 0.236 e. The third-order valence-corrected chi connectivity index (χ3v) is 3.80. The minimum Gasteiger partial charge on any atom is -0.496 e. The van der Waals surface area contributed by atoms with Gasteiger partial charge < -0.3 is 15.8 Å². The van der Waals surface area contributed by atoms with E-state index in [1.54, 1.807) is 18.9 Å². The van der Waals surface area contributed by atoms with Gasteiger partial charge in [0, 0.05) is 6.54 Å². The first kappa shape index (κ1) is 20.1. The van der Waals surface area contributed by atoms with Crippen LogP contribution in [0.4, 0.5) is 0 Å². The zero-order chi connectivity index (χ0) is 15.0. The average Bonchev–Trinajstić information content (AvgIpc) is 2.46. The van der Waals surface area contributed by atoms with Crippen LogP contribution in [0, 0.1) is 6.92 Å². The predicted molar refractivity (Wildman–Crippen MR) is 92.7 cm³/mol. The Labute approximate surface area is 137 Å². The zero-order valence-electron chi connectivity index (χ0n) is 12.8. The number of halogens is 1. The molecule has 0 bridgehead atoms. The van der Waals surface area contributed by atoms with Gasteiger partial charge >= 0.3 is 0 Å². The Bertz CT molecular complexity index is 444. The number of benzene rings is 1. The number of nitrogens with two attached hydrogens (primary N) is 1. The number of hydrogen-bond acceptors (Lipinski definition) is 4. The fourth-order valence-corrected chi connectivity index (χ4v) is 2.35. The van der Waals surface area contributed by atoms with Gasteiger partial charge in [-0.3, -0.25) is 4.79 Å². The van der Waals surface area contributed by atoms with E-state index in [4.69, 9.17) is 10.5 Å². The molecule has 0 aliphatic carbocycles. The van der Waals surface area contributed by atoms with E-state index in [0.717, 1.165) is 29.1 Å². The van der Waals surface area contributed by atoms with Gasteiger partial charge in [-0.15, -0.1) is 12.4 Å². The topological polar surface area (TPSA) is 64.3 Å². The summed E-state index contributed by atoms with van der Waals surface area (Å²) < 4.78 is 5.29. The summed E-state index contributed by atoms with van der Waals surface area (Å²) in [5, 5.41) is 2.88. The molecule has 1 rings (SSSR count). The van der Waals surface area contributed by atoms with Gasteiger partial charge in [0.2, 0.25) is 5.91 Å². The monoisotopic (exact) mass is 332 g/mol. The quantitative estimate of drug-likeness (QED) is 0.765. The second-order valence-corrected chi connectivity index (χ2v) is 5.72. The maximum absolute atomic E-state index is 11.7. The van der Waals surface area contributed by atoms with E-state index < -0.39 is 6.04 Å². The van der Waals surface area contributed by atoms with Gasteiger partial charge in [-0.2, -0.15) is 11.8 Å².